The van der Waals surface area contributed by atoms with Crippen LogP contribution in [0.5, 0.6) is 0 Å². The topological polar surface area (TPSA) is 93.0 Å². The molecule has 0 saturated carbocycles. The first-order valence-electron chi connectivity index (χ1n) is 13.0. The quantitative estimate of drug-likeness (QED) is 0.211. The molecule has 1 aliphatic heterocycles. The number of nitrogens with zero attached hydrogens (tertiary/aromatic N) is 5. The molecule has 0 radical (unpaired) electrons. The van der Waals surface area contributed by atoms with Crippen molar-refractivity contribution in [3.05, 3.63) is 68.6 Å². The minimum atomic E-state index is -0.804. The van der Waals surface area contributed by atoms with Gasteiger partial charge in [-0.2, -0.15) is 5.10 Å². The summed E-state index contributed by atoms with van der Waals surface area (Å²) < 4.78 is 17.0. The Hall–Kier alpha value is -2.92. The Bertz CT molecular complexity index is 1520. The third kappa shape index (κ3) is 5.84. The maximum Gasteiger partial charge on any atom is 0.360 e. The number of H-pyrrole nitrogens is 1. The highest BCUT2D eigenvalue weighted by Crippen LogP contribution is 2.33. The van der Waals surface area contributed by atoms with Gasteiger partial charge in [-0.25, -0.2) is 14.2 Å². The molecule has 39 heavy (non-hydrogen) atoms. The van der Waals surface area contributed by atoms with Crippen LogP contribution in [-0.4, -0.2) is 62.1 Å². The first-order valence-corrected chi connectivity index (χ1v) is 13.8. The highest BCUT2D eigenvalue weighted by atomic mass is 35.5. The van der Waals surface area contributed by atoms with Crippen LogP contribution in [0.1, 0.15) is 45.3 Å². The van der Waals surface area contributed by atoms with Crippen LogP contribution in [0.4, 0.5) is 4.39 Å². The van der Waals surface area contributed by atoms with Gasteiger partial charge in [-0.1, -0.05) is 23.2 Å². The minimum absolute atomic E-state index is 0.148. The summed E-state index contributed by atoms with van der Waals surface area (Å²) in [6.45, 7) is 11.1. The largest absolute Gasteiger partial charge is 0.401 e. The third-order valence-corrected chi connectivity index (χ3v) is 7.83. The number of hydrogen-bond acceptors (Lipinski definition) is 6. The predicted molar refractivity (Wildman–Crippen MR) is 151 cm³/mol. The van der Waals surface area contributed by atoms with Gasteiger partial charge >= 0.3 is 5.69 Å². The fraction of sp³-hybridized carbons (Fsp3) is 0.444. The lowest BCUT2D eigenvalue weighted by atomic mass is 10.1. The highest BCUT2D eigenvalue weighted by molar-refractivity contribution is 6.36. The summed E-state index contributed by atoms with van der Waals surface area (Å²) in [4.78, 5) is 28.4. The normalized spacial score (nSPS) is 15.3. The van der Waals surface area contributed by atoms with E-state index in [4.69, 9.17) is 28.0 Å². The van der Waals surface area contributed by atoms with Crippen molar-refractivity contribution in [3.8, 4) is 11.3 Å². The van der Waals surface area contributed by atoms with E-state index < -0.39 is 17.6 Å². The van der Waals surface area contributed by atoms with Gasteiger partial charge in [-0.05, 0) is 71.0 Å². The molecule has 0 amide bonds. The summed E-state index contributed by atoms with van der Waals surface area (Å²) in [5.74, 6) is -0.620. The molecule has 0 bridgehead atoms. The molecule has 208 valence electrons. The van der Waals surface area contributed by atoms with Gasteiger partial charge < -0.3 is 15.1 Å². The van der Waals surface area contributed by atoms with E-state index in [-0.39, 0.29) is 21.1 Å². The molecule has 1 aliphatic rings. The second kappa shape index (κ2) is 11.3. The Labute approximate surface area is 235 Å². The van der Waals surface area contributed by atoms with Crippen LogP contribution in [0, 0.1) is 5.82 Å². The van der Waals surface area contributed by atoms with E-state index >= 15 is 0 Å². The lowest BCUT2D eigenvalue weighted by Gasteiger charge is -2.26. The molecule has 5 rings (SSSR count). The monoisotopic (exact) mass is 575 g/mol. The van der Waals surface area contributed by atoms with Crippen LogP contribution < -0.4 is 15.8 Å². The number of nitrogens with one attached hydrogen (secondary N) is 2. The number of benzene rings is 1. The highest BCUT2D eigenvalue weighted by Gasteiger charge is 2.23. The molecule has 1 unspecified atom stereocenters. The Morgan fingerprint density at radius 1 is 1.21 bits per heavy atom. The van der Waals surface area contributed by atoms with E-state index in [1.807, 2.05) is 10.9 Å². The number of hydrogen-bond donors (Lipinski definition) is 2. The fourth-order valence-electron chi connectivity index (χ4n) is 4.87. The van der Waals surface area contributed by atoms with Gasteiger partial charge in [0.1, 0.15) is 11.3 Å². The smallest absolute Gasteiger partial charge is 0.360 e. The molecule has 1 aromatic carbocycles. The molecule has 1 atom stereocenters. The number of halogens is 3. The molecule has 0 aliphatic carbocycles. The summed E-state index contributed by atoms with van der Waals surface area (Å²) in [7, 11) is 0. The zero-order chi connectivity index (χ0) is 27.7. The maximum atomic E-state index is 14.0. The Morgan fingerprint density at radius 2 is 1.97 bits per heavy atom. The average molecular weight is 577 g/mol. The molecule has 4 aromatic rings. The molecule has 12 heteroatoms. The van der Waals surface area contributed by atoms with Gasteiger partial charge in [0.2, 0.25) is 0 Å². The van der Waals surface area contributed by atoms with E-state index in [2.05, 4.69) is 39.1 Å². The van der Waals surface area contributed by atoms with Crippen molar-refractivity contribution in [1.82, 2.24) is 34.7 Å². The van der Waals surface area contributed by atoms with E-state index in [0.29, 0.717) is 16.9 Å². The number of imidazole rings is 1. The molecule has 9 nitrogen and oxygen atoms in total. The van der Waals surface area contributed by atoms with E-state index in [1.165, 1.54) is 38.1 Å². The Kier molecular flexibility index (Phi) is 8.00. The van der Waals surface area contributed by atoms with Crippen LogP contribution in [0.25, 0.3) is 22.4 Å². The van der Waals surface area contributed by atoms with Gasteiger partial charge in [0.15, 0.2) is 11.8 Å². The molecular weight excluding hydrogens is 544 g/mol. The van der Waals surface area contributed by atoms with Gasteiger partial charge in [0, 0.05) is 42.0 Å². The van der Waals surface area contributed by atoms with Gasteiger partial charge in [-0.3, -0.25) is 9.67 Å². The summed E-state index contributed by atoms with van der Waals surface area (Å²) in [6.07, 6.45) is 5.51. The van der Waals surface area contributed by atoms with E-state index in [1.54, 1.807) is 25.3 Å². The Balaban J connectivity index is 1.30. The predicted octanol–water partition coefficient (Wildman–Crippen LogP) is 4.64. The zero-order valence-corrected chi connectivity index (χ0v) is 23.7. The van der Waals surface area contributed by atoms with Crippen LogP contribution in [0.2, 0.25) is 10.0 Å². The number of rotatable bonds is 10. The van der Waals surface area contributed by atoms with Crippen molar-refractivity contribution in [2.75, 3.05) is 32.7 Å². The lowest BCUT2D eigenvalue weighted by molar-refractivity contribution is 0.0492. The number of likely N-dealkylation sites (tertiary alicyclic amines) is 1. The number of fused-ring (bicyclic) bond motifs is 1. The first-order chi connectivity index (χ1) is 18.6. The SMILES string of the molecule is CC(On1c(=O)[nH]c2nc(-c3cnn(C(C)(C)CNCCN4CCCC4)c3)ccc21)c1c(Cl)ccc(F)c1Cl. The molecule has 2 N–H and O–H groups in total. The van der Waals surface area contributed by atoms with Gasteiger partial charge in [0.05, 0.1) is 22.5 Å². The van der Waals surface area contributed by atoms with Crippen molar-refractivity contribution in [3.63, 3.8) is 0 Å². The Morgan fingerprint density at radius 3 is 2.74 bits per heavy atom. The standard InChI is InChI=1S/C27H32Cl2FN7O2/c1-17(23-19(28)6-7-20(30)24(23)29)39-37-22-9-8-21(33-25(22)34-26(37)38)18-14-32-36(15-18)27(2,3)16-31-10-13-35-11-4-5-12-35/h6-9,14-15,17,31H,4-5,10-13,16H2,1-3H3,(H,33,34,38). The lowest BCUT2D eigenvalue weighted by Crippen LogP contribution is -2.41. The van der Waals surface area contributed by atoms with Crippen LogP contribution >= 0.6 is 23.2 Å². The first kappa shape index (κ1) is 27.6. The second-order valence-electron chi connectivity index (χ2n) is 10.5. The molecule has 3 aromatic heterocycles. The van der Waals surface area contributed by atoms with Crippen molar-refractivity contribution >= 4 is 34.4 Å². The summed E-state index contributed by atoms with van der Waals surface area (Å²) >= 11 is 12.3. The van der Waals surface area contributed by atoms with Gasteiger partial charge in [0.25, 0.3) is 0 Å². The van der Waals surface area contributed by atoms with E-state index in [0.717, 1.165) is 29.9 Å². The van der Waals surface area contributed by atoms with Crippen molar-refractivity contribution in [2.45, 2.75) is 45.3 Å². The van der Waals surface area contributed by atoms with Crippen molar-refractivity contribution in [2.24, 2.45) is 0 Å². The average Bonchev–Trinajstić information content (AvgIpc) is 3.66. The van der Waals surface area contributed by atoms with Crippen LogP contribution in [0.3, 0.4) is 0 Å². The van der Waals surface area contributed by atoms with Crippen LogP contribution in [-0.2, 0) is 5.54 Å². The number of aromatic amines is 1. The fourth-order valence-corrected chi connectivity index (χ4v) is 5.54. The molecule has 1 fully saturated rings. The molecular formula is C27H32Cl2FN7O2. The van der Waals surface area contributed by atoms with E-state index in [9.17, 15) is 9.18 Å². The van der Waals surface area contributed by atoms with Gasteiger partial charge in [-0.15, -0.1) is 4.73 Å². The van der Waals surface area contributed by atoms with Crippen molar-refractivity contribution < 1.29 is 9.23 Å². The van der Waals surface area contributed by atoms with Crippen molar-refractivity contribution in [1.29, 1.82) is 0 Å². The summed E-state index contributed by atoms with van der Waals surface area (Å²) in [5.41, 5.74) is 1.74. The summed E-state index contributed by atoms with van der Waals surface area (Å²) in [5, 5.41) is 8.24. The number of aromatic nitrogens is 5. The number of pyridine rings is 1. The molecule has 1 saturated heterocycles. The molecule has 0 spiro atoms. The zero-order valence-electron chi connectivity index (χ0n) is 22.2. The summed E-state index contributed by atoms with van der Waals surface area (Å²) in [6, 6.07) is 6.11. The third-order valence-electron chi connectivity index (χ3n) is 7.11. The second-order valence-corrected chi connectivity index (χ2v) is 11.3. The maximum absolute atomic E-state index is 14.0. The minimum Gasteiger partial charge on any atom is -0.401 e. The molecule has 4 heterocycles. The van der Waals surface area contributed by atoms with Crippen LogP contribution in [0.15, 0.2) is 41.5 Å².